The smallest absolute Gasteiger partial charge is 0.261 e. The van der Waals surface area contributed by atoms with Crippen molar-refractivity contribution >= 4 is 38.5 Å². The van der Waals surface area contributed by atoms with Gasteiger partial charge in [-0.3, -0.25) is 9.59 Å². The Labute approximate surface area is 244 Å². The molecule has 2 amide bonds. The first kappa shape index (κ1) is 29.2. The quantitative estimate of drug-likeness (QED) is 0.200. The molecule has 4 rings (SSSR count). The van der Waals surface area contributed by atoms with Gasteiger partial charge in [-0.15, -0.1) is 0 Å². The minimum absolute atomic E-state index is 0.0238. The summed E-state index contributed by atoms with van der Waals surface area (Å²) >= 11 is 3.64. The lowest BCUT2D eigenvalue weighted by Gasteiger charge is -2.32. The molecule has 40 heavy (non-hydrogen) atoms. The Morgan fingerprint density at radius 2 is 1.65 bits per heavy atom. The van der Waals surface area contributed by atoms with Crippen LogP contribution in [0.15, 0.2) is 95.5 Å². The molecule has 0 saturated carbocycles. The molecule has 0 saturated heterocycles. The first-order valence-electron chi connectivity index (χ1n) is 13.5. The highest BCUT2D eigenvalue weighted by atomic mass is 79.9. The molecule has 0 radical (unpaired) electrons. The maximum absolute atomic E-state index is 13.9. The largest absolute Gasteiger partial charge is 0.497 e. The molecule has 0 unspecified atom stereocenters. The molecule has 4 aromatic rings. The Balaban J connectivity index is 1.65. The summed E-state index contributed by atoms with van der Waals surface area (Å²) in [4.78, 5) is 29.2. The van der Waals surface area contributed by atoms with Gasteiger partial charge < -0.3 is 19.7 Å². The molecule has 2 atom stereocenters. The molecule has 1 N–H and O–H groups in total. The molecule has 6 nitrogen and oxygen atoms in total. The van der Waals surface area contributed by atoms with E-state index >= 15 is 0 Å². The van der Waals surface area contributed by atoms with Gasteiger partial charge in [0.05, 0.1) is 11.6 Å². The first-order chi connectivity index (χ1) is 19.4. The zero-order valence-corrected chi connectivity index (χ0v) is 24.7. The van der Waals surface area contributed by atoms with E-state index in [-0.39, 0.29) is 31.0 Å². The van der Waals surface area contributed by atoms with Gasteiger partial charge in [0.15, 0.2) is 6.61 Å². The van der Waals surface area contributed by atoms with E-state index in [1.165, 1.54) is 0 Å². The average Bonchev–Trinajstić information content (AvgIpc) is 2.99. The highest BCUT2D eigenvalue weighted by Crippen LogP contribution is 2.33. The number of carbonyl (C=O) groups is 2. The number of hydrogen-bond donors (Lipinski definition) is 1. The van der Waals surface area contributed by atoms with Crippen LogP contribution in [0, 0.1) is 0 Å². The van der Waals surface area contributed by atoms with Crippen molar-refractivity contribution in [3.8, 4) is 11.5 Å². The molecule has 0 aliphatic rings. The Morgan fingerprint density at radius 3 is 2.40 bits per heavy atom. The Kier molecular flexibility index (Phi) is 10.2. The second-order valence-corrected chi connectivity index (χ2v) is 10.6. The van der Waals surface area contributed by atoms with Crippen LogP contribution in [-0.2, 0) is 22.6 Å². The van der Waals surface area contributed by atoms with E-state index in [0.717, 1.165) is 32.8 Å². The summed E-state index contributed by atoms with van der Waals surface area (Å²) in [6, 6.07) is 28.3. The molecule has 0 fully saturated rings. The third-order valence-electron chi connectivity index (χ3n) is 6.94. The van der Waals surface area contributed by atoms with Gasteiger partial charge in [0.25, 0.3) is 5.91 Å². The molecule has 0 spiro atoms. The Morgan fingerprint density at radius 1 is 0.925 bits per heavy atom. The number of carbonyl (C=O) groups excluding carboxylic acids is 2. The number of rotatable bonds is 12. The lowest BCUT2D eigenvalue weighted by molar-refractivity contribution is -0.143. The van der Waals surface area contributed by atoms with Gasteiger partial charge in [0.1, 0.15) is 17.5 Å². The van der Waals surface area contributed by atoms with Crippen LogP contribution in [0.2, 0.25) is 0 Å². The first-order valence-corrected chi connectivity index (χ1v) is 14.3. The van der Waals surface area contributed by atoms with E-state index in [2.05, 4.69) is 21.2 Å². The molecular weight excluding hydrogens is 568 g/mol. The number of fused-ring (bicyclic) bond motifs is 1. The number of ether oxygens (including phenoxy) is 2. The summed E-state index contributed by atoms with van der Waals surface area (Å²) in [5.41, 5.74) is 1.82. The summed E-state index contributed by atoms with van der Waals surface area (Å²) in [7, 11) is 1.61. The molecule has 0 heterocycles. The van der Waals surface area contributed by atoms with Crippen molar-refractivity contribution in [1.82, 2.24) is 10.2 Å². The van der Waals surface area contributed by atoms with Crippen molar-refractivity contribution in [1.29, 1.82) is 0 Å². The summed E-state index contributed by atoms with van der Waals surface area (Å²) in [6.45, 7) is 3.99. The van der Waals surface area contributed by atoms with Gasteiger partial charge >= 0.3 is 0 Å². The van der Waals surface area contributed by atoms with Crippen molar-refractivity contribution in [2.45, 2.75) is 45.3 Å². The minimum atomic E-state index is -0.737. The van der Waals surface area contributed by atoms with Crippen molar-refractivity contribution in [2.75, 3.05) is 13.7 Å². The number of benzene rings is 4. The number of methoxy groups -OCH3 is 1. The fourth-order valence-corrected chi connectivity index (χ4v) is 5.12. The van der Waals surface area contributed by atoms with Gasteiger partial charge in [-0.1, -0.05) is 79.7 Å². The topological polar surface area (TPSA) is 67.9 Å². The van der Waals surface area contributed by atoms with Crippen LogP contribution in [0.25, 0.3) is 10.8 Å². The second-order valence-electron chi connectivity index (χ2n) is 9.78. The number of nitrogens with zero attached hydrogens (tertiary/aromatic N) is 1. The van der Waals surface area contributed by atoms with Crippen LogP contribution < -0.4 is 14.8 Å². The average molecular weight is 604 g/mol. The molecule has 0 aliphatic carbocycles. The Bertz CT molecular complexity index is 1440. The number of amides is 2. The molecule has 0 bridgehead atoms. The van der Waals surface area contributed by atoms with Crippen molar-refractivity contribution in [3.05, 3.63) is 107 Å². The van der Waals surface area contributed by atoms with Crippen molar-refractivity contribution in [2.24, 2.45) is 0 Å². The second kappa shape index (κ2) is 14.0. The number of halogens is 1. The van der Waals surface area contributed by atoms with Gasteiger partial charge in [0, 0.05) is 19.0 Å². The zero-order chi connectivity index (χ0) is 28.5. The predicted octanol–water partition coefficient (Wildman–Crippen LogP) is 6.54. The molecule has 4 aromatic carbocycles. The third kappa shape index (κ3) is 7.42. The minimum Gasteiger partial charge on any atom is -0.497 e. The lowest BCUT2D eigenvalue weighted by Crippen LogP contribution is -2.53. The molecule has 0 aliphatic heterocycles. The molecular formula is C33H35BrN2O4. The van der Waals surface area contributed by atoms with Crippen molar-refractivity contribution < 1.29 is 19.1 Å². The van der Waals surface area contributed by atoms with Crippen LogP contribution in [0.1, 0.15) is 31.4 Å². The monoisotopic (exact) mass is 602 g/mol. The van der Waals surface area contributed by atoms with Crippen LogP contribution in [0.3, 0.4) is 0 Å². The van der Waals surface area contributed by atoms with Gasteiger partial charge in [-0.2, -0.15) is 0 Å². The van der Waals surface area contributed by atoms with E-state index in [4.69, 9.17) is 9.47 Å². The zero-order valence-electron chi connectivity index (χ0n) is 23.1. The van der Waals surface area contributed by atoms with E-state index < -0.39 is 6.04 Å². The SMILES string of the molecule is CC[C@H](C)NC(=O)[C@H](Cc1ccccc1)N(Cc1cccc(OC)c1)C(=O)COc1ccc2ccccc2c1Br. The summed E-state index contributed by atoms with van der Waals surface area (Å²) < 4.78 is 12.3. The maximum Gasteiger partial charge on any atom is 0.261 e. The van der Waals surface area contributed by atoms with Crippen molar-refractivity contribution in [3.63, 3.8) is 0 Å². The fraction of sp³-hybridized carbons (Fsp3) is 0.273. The van der Waals surface area contributed by atoms with E-state index in [1.54, 1.807) is 12.0 Å². The number of nitrogens with one attached hydrogen (secondary N) is 1. The van der Waals surface area contributed by atoms with Crippen LogP contribution in [-0.4, -0.2) is 42.5 Å². The molecule has 0 aromatic heterocycles. The van der Waals surface area contributed by atoms with E-state index in [0.29, 0.717) is 17.9 Å². The van der Waals surface area contributed by atoms with Crippen LogP contribution in [0.5, 0.6) is 11.5 Å². The predicted molar refractivity (Wildman–Crippen MR) is 163 cm³/mol. The lowest BCUT2D eigenvalue weighted by atomic mass is 10.0. The maximum atomic E-state index is 13.9. The van der Waals surface area contributed by atoms with Gasteiger partial charge in [-0.25, -0.2) is 0 Å². The highest BCUT2D eigenvalue weighted by Gasteiger charge is 2.31. The highest BCUT2D eigenvalue weighted by molar-refractivity contribution is 9.10. The van der Waals surface area contributed by atoms with Gasteiger partial charge in [0.2, 0.25) is 5.91 Å². The summed E-state index contributed by atoms with van der Waals surface area (Å²) in [6.07, 6.45) is 1.16. The third-order valence-corrected chi connectivity index (χ3v) is 7.76. The molecule has 7 heteroatoms. The Hall–Kier alpha value is -3.84. The van der Waals surface area contributed by atoms with E-state index in [9.17, 15) is 9.59 Å². The normalized spacial score (nSPS) is 12.4. The van der Waals surface area contributed by atoms with Gasteiger partial charge in [-0.05, 0) is 69.4 Å². The number of hydrogen-bond acceptors (Lipinski definition) is 4. The molecule has 208 valence electrons. The standard InChI is InChI=1S/C33H35BrN2O4/c1-4-23(2)35-33(38)29(20-24-11-6-5-7-12-24)36(21-25-13-10-15-27(19-25)39-3)31(37)22-40-30-18-17-26-14-8-9-16-28(26)32(30)34/h5-19,23,29H,4,20-22H2,1-3H3,(H,35,38)/t23-,29-/m0/s1. The fourth-order valence-electron chi connectivity index (χ4n) is 4.51. The van der Waals surface area contributed by atoms with E-state index in [1.807, 2.05) is 105 Å². The van der Waals surface area contributed by atoms with Crippen LogP contribution >= 0.6 is 15.9 Å². The summed E-state index contributed by atoms with van der Waals surface area (Å²) in [5.74, 6) is 0.770. The van der Waals surface area contributed by atoms with Crippen LogP contribution in [0.4, 0.5) is 0 Å². The summed E-state index contributed by atoms with van der Waals surface area (Å²) in [5, 5.41) is 5.15.